The number of hydrogen-bond donors (Lipinski definition) is 1. The Hall–Kier alpha value is -0.0800. The molecule has 4 bridgehead atoms. The van der Waals surface area contributed by atoms with Crippen molar-refractivity contribution in [2.45, 2.75) is 76.4 Å². The van der Waals surface area contributed by atoms with Crippen LogP contribution in [0.4, 0.5) is 0 Å². The fraction of sp³-hybridized carbons (Fsp3) is 1.00. The molecular weight excluding hydrogens is 232 g/mol. The fourth-order valence-corrected chi connectivity index (χ4v) is 6.25. The number of nitrogens with zero attached hydrogens (tertiary/aromatic N) is 1. The van der Waals surface area contributed by atoms with Crippen LogP contribution in [0, 0.1) is 17.8 Å². The zero-order valence-corrected chi connectivity index (χ0v) is 12.7. The summed E-state index contributed by atoms with van der Waals surface area (Å²) >= 11 is 0. The lowest BCUT2D eigenvalue weighted by molar-refractivity contribution is -0.0809. The van der Waals surface area contributed by atoms with Crippen LogP contribution < -0.4 is 5.32 Å². The minimum Gasteiger partial charge on any atom is -0.310 e. The first kappa shape index (κ1) is 12.6. The summed E-state index contributed by atoms with van der Waals surface area (Å²) in [6, 6.07) is 1.40. The molecule has 2 heteroatoms. The Labute approximate surface area is 118 Å². The van der Waals surface area contributed by atoms with Gasteiger partial charge in [0.25, 0.3) is 0 Å². The molecule has 0 aromatic rings. The molecule has 2 nitrogen and oxygen atoms in total. The maximum absolute atomic E-state index is 3.76. The zero-order valence-electron chi connectivity index (χ0n) is 12.7. The van der Waals surface area contributed by atoms with E-state index in [1.54, 1.807) is 19.3 Å². The third-order valence-corrected chi connectivity index (χ3v) is 6.43. The van der Waals surface area contributed by atoms with Gasteiger partial charge in [0.1, 0.15) is 0 Å². The van der Waals surface area contributed by atoms with Crippen LogP contribution in [0.3, 0.4) is 0 Å². The summed E-state index contributed by atoms with van der Waals surface area (Å²) < 4.78 is 0. The topological polar surface area (TPSA) is 15.3 Å². The summed E-state index contributed by atoms with van der Waals surface area (Å²) in [5, 5.41) is 3.76. The van der Waals surface area contributed by atoms with E-state index in [4.69, 9.17) is 0 Å². The third-order valence-electron chi connectivity index (χ3n) is 6.43. The maximum atomic E-state index is 3.76. The van der Waals surface area contributed by atoms with Crippen LogP contribution in [0.2, 0.25) is 0 Å². The van der Waals surface area contributed by atoms with Gasteiger partial charge in [0.15, 0.2) is 0 Å². The van der Waals surface area contributed by atoms with E-state index in [0.717, 1.165) is 23.8 Å². The molecule has 1 unspecified atom stereocenters. The van der Waals surface area contributed by atoms with E-state index >= 15 is 0 Å². The summed E-state index contributed by atoms with van der Waals surface area (Å²) in [7, 11) is 0. The van der Waals surface area contributed by atoms with Gasteiger partial charge in [-0.05, 0) is 62.7 Å². The third kappa shape index (κ3) is 2.15. The van der Waals surface area contributed by atoms with Gasteiger partial charge < -0.3 is 5.32 Å². The van der Waals surface area contributed by atoms with E-state index in [-0.39, 0.29) is 0 Å². The lowest BCUT2D eigenvalue weighted by Crippen LogP contribution is -2.59. The largest absolute Gasteiger partial charge is 0.310 e. The van der Waals surface area contributed by atoms with Gasteiger partial charge in [0.2, 0.25) is 0 Å². The van der Waals surface area contributed by atoms with Crippen molar-refractivity contribution >= 4 is 0 Å². The van der Waals surface area contributed by atoms with E-state index in [1.165, 1.54) is 38.8 Å². The lowest BCUT2D eigenvalue weighted by atomic mass is 9.52. The average Bonchev–Trinajstić information content (AvgIpc) is 2.75. The Bertz CT molecular complexity index is 314. The highest BCUT2D eigenvalue weighted by Gasteiger charge is 2.54. The second kappa shape index (κ2) is 4.46. The van der Waals surface area contributed by atoms with Crippen LogP contribution in [0.15, 0.2) is 0 Å². The Balaban J connectivity index is 1.47. The zero-order chi connectivity index (χ0) is 13.0. The number of nitrogens with one attached hydrogen (secondary N) is 1. The maximum Gasteiger partial charge on any atom is 0.0218 e. The minimum absolute atomic E-state index is 0.640. The van der Waals surface area contributed by atoms with E-state index in [2.05, 4.69) is 24.1 Å². The molecule has 5 aliphatic rings. The molecular formula is C17H30N2. The van der Waals surface area contributed by atoms with Gasteiger partial charge >= 0.3 is 0 Å². The molecule has 1 atom stereocenters. The molecule has 5 fully saturated rings. The van der Waals surface area contributed by atoms with Crippen molar-refractivity contribution in [2.24, 2.45) is 17.8 Å². The highest BCUT2D eigenvalue weighted by molar-refractivity contribution is 5.09. The SMILES string of the molecule is CC(C)NC1CCN(C23CC4CC(CC(C4)C2)C3)C1. The van der Waals surface area contributed by atoms with Gasteiger partial charge in [-0.1, -0.05) is 13.8 Å². The van der Waals surface area contributed by atoms with Gasteiger partial charge in [-0.15, -0.1) is 0 Å². The van der Waals surface area contributed by atoms with Gasteiger partial charge in [0.05, 0.1) is 0 Å². The molecule has 5 rings (SSSR count). The van der Waals surface area contributed by atoms with Crippen molar-refractivity contribution in [1.82, 2.24) is 10.2 Å². The summed E-state index contributed by atoms with van der Waals surface area (Å²) in [5.74, 6) is 3.26. The average molecular weight is 262 g/mol. The monoisotopic (exact) mass is 262 g/mol. The molecule has 0 amide bonds. The quantitative estimate of drug-likeness (QED) is 0.841. The van der Waals surface area contributed by atoms with Gasteiger partial charge in [-0.25, -0.2) is 0 Å². The summed E-state index contributed by atoms with van der Waals surface area (Å²) in [6.07, 6.45) is 10.7. The Kier molecular flexibility index (Phi) is 2.97. The highest BCUT2D eigenvalue weighted by atomic mass is 15.3. The predicted octanol–water partition coefficient (Wildman–Crippen LogP) is 3.03. The van der Waals surface area contributed by atoms with Crippen LogP contribution >= 0.6 is 0 Å². The molecule has 19 heavy (non-hydrogen) atoms. The number of rotatable bonds is 3. The number of likely N-dealkylation sites (tertiary alicyclic amines) is 1. The van der Waals surface area contributed by atoms with Crippen molar-refractivity contribution in [1.29, 1.82) is 0 Å². The fourth-order valence-electron chi connectivity index (χ4n) is 6.25. The molecule has 1 aliphatic heterocycles. The first-order valence-corrected chi connectivity index (χ1v) is 8.64. The molecule has 1 saturated heterocycles. The standard InChI is InChI=1S/C17H30N2/c1-12(2)18-16-3-4-19(11-16)17-8-13-5-14(9-17)7-15(6-13)10-17/h12-16,18H,3-11H2,1-2H3. The van der Waals surface area contributed by atoms with Gasteiger partial charge in [-0.2, -0.15) is 0 Å². The van der Waals surface area contributed by atoms with Gasteiger partial charge in [0, 0.05) is 30.7 Å². The van der Waals surface area contributed by atoms with Crippen LogP contribution in [-0.4, -0.2) is 35.6 Å². The molecule has 1 N–H and O–H groups in total. The van der Waals surface area contributed by atoms with E-state index in [9.17, 15) is 0 Å². The normalized spacial score (nSPS) is 49.4. The molecule has 4 saturated carbocycles. The molecule has 4 aliphatic carbocycles. The smallest absolute Gasteiger partial charge is 0.0218 e. The molecule has 1 heterocycles. The lowest BCUT2D eigenvalue weighted by Gasteiger charge is -2.60. The van der Waals surface area contributed by atoms with Crippen LogP contribution in [0.25, 0.3) is 0 Å². The van der Waals surface area contributed by atoms with Crippen LogP contribution in [-0.2, 0) is 0 Å². The minimum atomic E-state index is 0.640. The van der Waals surface area contributed by atoms with E-state index in [0.29, 0.717) is 11.6 Å². The van der Waals surface area contributed by atoms with Crippen LogP contribution in [0.1, 0.15) is 58.8 Å². The Morgan fingerprint density at radius 2 is 1.58 bits per heavy atom. The number of hydrogen-bond acceptors (Lipinski definition) is 2. The van der Waals surface area contributed by atoms with Crippen molar-refractivity contribution in [2.75, 3.05) is 13.1 Å². The summed E-state index contributed by atoms with van der Waals surface area (Å²) in [6.45, 7) is 7.25. The first-order valence-electron chi connectivity index (χ1n) is 8.64. The Morgan fingerprint density at radius 1 is 1.00 bits per heavy atom. The van der Waals surface area contributed by atoms with Crippen molar-refractivity contribution in [3.63, 3.8) is 0 Å². The van der Waals surface area contributed by atoms with E-state index < -0.39 is 0 Å². The van der Waals surface area contributed by atoms with Crippen molar-refractivity contribution in [3.8, 4) is 0 Å². The first-order chi connectivity index (χ1) is 9.13. The second-order valence-electron chi connectivity index (χ2n) is 8.39. The molecule has 0 aromatic carbocycles. The molecule has 108 valence electrons. The van der Waals surface area contributed by atoms with E-state index in [1.807, 2.05) is 0 Å². The molecule has 0 aromatic heterocycles. The van der Waals surface area contributed by atoms with Crippen molar-refractivity contribution < 1.29 is 0 Å². The second-order valence-corrected chi connectivity index (χ2v) is 8.39. The van der Waals surface area contributed by atoms with Gasteiger partial charge in [-0.3, -0.25) is 4.90 Å². The highest BCUT2D eigenvalue weighted by Crippen LogP contribution is 2.58. The summed E-state index contributed by atoms with van der Waals surface area (Å²) in [5.41, 5.74) is 0.641. The van der Waals surface area contributed by atoms with Crippen molar-refractivity contribution in [3.05, 3.63) is 0 Å². The summed E-state index contributed by atoms with van der Waals surface area (Å²) in [4.78, 5) is 2.91. The Morgan fingerprint density at radius 3 is 2.11 bits per heavy atom. The predicted molar refractivity (Wildman–Crippen MR) is 79.2 cm³/mol. The molecule has 0 radical (unpaired) electrons. The van der Waals surface area contributed by atoms with Crippen LogP contribution in [0.5, 0.6) is 0 Å². The molecule has 0 spiro atoms.